The Balaban J connectivity index is 1.69. The lowest BCUT2D eigenvalue weighted by Gasteiger charge is -2.19. The number of hydrogen-bond donors (Lipinski definition) is 1. The van der Waals surface area contributed by atoms with Gasteiger partial charge in [-0.3, -0.25) is 4.90 Å². The van der Waals surface area contributed by atoms with Crippen LogP contribution in [0.25, 0.3) is 0 Å². The number of benzene rings is 1. The van der Waals surface area contributed by atoms with Gasteiger partial charge >= 0.3 is 0 Å². The van der Waals surface area contributed by atoms with Crippen LogP contribution in [0.3, 0.4) is 0 Å². The maximum atomic E-state index is 3.53. The summed E-state index contributed by atoms with van der Waals surface area (Å²) in [7, 11) is 0. The van der Waals surface area contributed by atoms with E-state index in [0.29, 0.717) is 0 Å². The van der Waals surface area contributed by atoms with Crippen molar-refractivity contribution in [3.63, 3.8) is 0 Å². The minimum atomic E-state index is 0.874. The maximum Gasteiger partial charge on any atom is 0.0320 e. The molecule has 0 radical (unpaired) electrons. The molecule has 0 atom stereocenters. The zero-order chi connectivity index (χ0) is 13.0. The Bertz CT molecular complexity index is 391. The van der Waals surface area contributed by atoms with Crippen molar-refractivity contribution in [1.29, 1.82) is 0 Å². The molecule has 2 nitrogen and oxygen atoms in total. The molecule has 0 bridgehead atoms. The predicted octanol–water partition coefficient (Wildman–Crippen LogP) is 3.79. The zero-order valence-corrected chi connectivity index (χ0v) is 13.9. The third kappa shape index (κ3) is 4.34. The van der Waals surface area contributed by atoms with Gasteiger partial charge in [-0.15, -0.1) is 0 Å². The molecule has 0 spiro atoms. The third-order valence-electron chi connectivity index (χ3n) is 3.36. The fourth-order valence-corrected chi connectivity index (χ4v) is 2.82. The second kappa shape index (κ2) is 7.04. The summed E-state index contributed by atoms with van der Waals surface area (Å²) in [6, 6.07) is 7.28. The van der Waals surface area contributed by atoms with Crippen LogP contribution in [0, 0.1) is 0 Å². The fraction of sp³-hybridized carbons (Fsp3) is 0.571. The standard InChI is InChI=1S/C14H20Br2N2/c1-2-18(12-4-5-12)8-7-17-10-11-3-6-13(15)14(16)9-11/h3,6,9,12,17H,2,4-5,7-8,10H2,1H3. The second-order valence-corrected chi connectivity index (χ2v) is 6.49. The van der Waals surface area contributed by atoms with E-state index >= 15 is 0 Å². The lowest BCUT2D eigenvalue weighted by atomic mass is 10.2. The van der Waals surface area contributed by atoms with E-state index in [1.807, 2.05) is 0 Å². The van der Waals surface area contributed by atoms with E-state index in [1.54, 1.807) is 0 Å². The molecule has 0 aromatic heterocycles. The van der Waals surface area contributed by atoms with Gasteiger partial charge in [0, 0.05) is 34.6 Å². The maximum absolute atomic E-state index is 3.53. The van der Waals surface area contributed by atoms with E-state index in [9.17, 15) is 0 Å². The van der Waals surface area contributed by atoms with Crippen molar-refractivity contribution in [2.75, 3.05) is 19.6 Å². The Morgan fingerprint density at radius 1 is 1.28 bits per heavy atom. The van der Waals surface area contributed by atoms with Gasteiger partial charge in [0.25, 0.3) is 0 Å². The summed E-state index contributed by atoms with van der Waals surface area (Å²) in [6.45, 7) is 6.60. The molecule has 18 heavy (non-hydrogen) atoms. The molecule has 1 aromatic carbocycles. The van der Waals surface area contributed by atoms with E-state index < -0.39 is 0 Å². The summed E-state index contributed by atoms with van der Waals surface area (Å²) in [5, 5.41) is 3.52. The van der Waals surface area contributed by atoms with Crippen LogP contribution in [0.15, 0.2) is 27.1 Å². The van der Waals surface area contributed by atoms with Crippen molar-refractivity contribution in [2.45, 2.75) is 32.4 Å². The van der Waals surface area contributed by atoms with Gasteiger partial charge in [0.05, 0.1) is 0 Å². The average molecular weight is 376 g/mol. The van der Waals surface area contributed by atoms with E-state index in [2.05, 4.69) is 67.2 Å². The minimum Gasteiger partial charge on any atom is -0.311 e. The Morgan fingerprint density at radius 2 is 2.06 bits per heavy atom. The predicted molar refractivity (Wildman–Crippen MR) is 83.8 cm³/mol. The molecule has 0 heterocycles. The largest absolute Gasteiger partial charge is 0.311 e. The van der Waals surface area contributed by atoms with Crippen LogP contribution >= 0.6 is 31.9 Å². The van der Waals surface area contributed by atoms with Gasteiger partial charge in [-0.2, -0.15) is 0 Å². The van der Waals surface area contributed by atoms with Crippen molar-refractivity contribution in [2.24, 2.45) is 0 Å². The third-order valence-corrected chi connectivity index (χ3v) is 5.24. The zero-order valence-electron chi connectivity index (χ0n) is 10.8. The van der Waals surface area contributed by atoms with E-state index in [0.717, 1.165) is 28.1 Å². The van der Waals surface area contributed by atoms with Gasteiger partial charge in [-0.05, 0) is 68.9 Å². The fourth-order valence-electron chi connectivity index (χ4n) is 2.14. The van der Waals surface area contributed by atoms with Gasteiger partial charge < -0.3 is 5.32 Å². The number of likely N-dealkylation sites (N-methyl/N-ethyl adjacent to an activating group) is 1. The summed E-state index contributed by atoms with van der Waals surface area (Å²) in [5.41, 5.74) is 1.32. The van der Waals surface area contributed by atoms with E-state index in [1.165, 1.54) is 31.5 Å². The molecule has 1 saturated carbocycles. The average Bonchev–Trinajstić information content (AvgIpc) is 3.18. The SMILES string of the molecule is CCN(CCNCc1ccc(Br)c(Br)c1)C1CC1. The Kier molecular flexibility index (Phi) is 5.67. The van der Waals surface area contributed by atoms with Crippen molar-refractivity contribution in [3.05, 3.63) is 32.7 Å². The first kappa shape index (κ1) is 14.5. The summed E-state index contributed by atoms with van der Waals surface area (Å²) >= 11 is 7.02. The highest BCUT2D eigenvalue weighted by Crippen LogP contribution is 2.26. The normalized spacial score (nSPS) is 15.3. The highest BCUT2D eigenvalue weighted by Gasteiger charge is 2.26. The molecule has 1 aliphatic carbocycles. The van der Waals surface area contributed by atoms with Gasteiger partial charge in [0.2, 0.25) is 0 Å². The smallest absolute Gasteiger partial charge is 0.0320 e. The number of rotatable bonds is 7. The van der Waals surface area contributed by atoms with E-state index in [4.69, 9.17) is 0 Å². The van der Waals surface area contributed by atoms with Crippen LogP contribution in [0.1, 0.15) is 25.3 Å². The topological polar surface area (TPSA) is 15.3 Å². The van der Waals surface area contributed by atoms with Gasteiger partial charge in [0.15, 0.2) is 0 Å². The molecule has 1 fully saturated rings. The molecule has 0 saturated heterocycles. The first-order chi connectivity index (χ1) is 8.70. The number of nitrogens with one attached hydrogen (secondary N) is 1. The summed E-state index contributed by atoms with van der Waals surface area (Å²) in [6.07, 6.45) is 2.79. The molecule has 1 aliphatic rings. The van der Waals surface area contributed by atoms with Gasteiger partial charge in [-0.25, -0.2) is 0 Å². The summed E-state index contributed by atoms with van der Waals surface area (Å²) < 4.78 is 2.23. The summed E-state index contributed by atoms with van der Waals surface area (Å²) in [4.78, 5) is 2.57. The number of hydrogen-bond acceptors (Lipinski definition) is 2. The Labute approximate surface area is 126 Å². The lowest BCUT2D eigenvalue weighted by molar-refractivity contribution is 0.277. The molecule has 0 amide bonds. The Morgan fingerprint density at radius 3 is 2.67 bits per heavy atom. The van der Waals surface area contributed by atoms with Gasteiger partial charge in [-0.1, -0.05) is 13.0 Å². The molecule has 4 heteroatoms. The molecular formula is C14H20Br2N2. The molecule has 0 aliphatic heterocycles. The monoisotopic (exact) mass is 374 g/mol. The van der Waals surface area contributed by atoms with E-state index in [-0.39, 0.29) is 0 Å². The van der Waals surface area contributed by atoms with Crippen LogP contribution in [-0.4, -0.2) is 30.6 Å². The van der Waals surface area contributed by atoms with Crippen LogP contribution < -0.4 is 5.32 Å². The summed E-state index contributed by atoms with van der Waals surface area (Å²) in [5.74, 6) is 0. The first-order valence-electron chi connectivity index (χ1n) is 6.59. The minimum absolute atomic E-state index is 0.874. The molecule has 2 rings (SSSR count). The highest BCUT2D eigenvalue weighted by molar-refractivity contribution is 9.13. The van der Waals surface area contributed by atoms with Crippen molar-refractivity contribution in [3.8, 4) is 0 Å². The molecule has 1 N–H and O–H groups in total. The van der Waals surface area contributed by atoms with Crippen LogP contribution in [0.4, 0.5) is 0 Å². The van der Waals surface area contributed by atoms with Crippen molar-refractivity contribution in [1.82, 2.24) is 10.2 Å². The molecule has 1 aromatic rings. The van der Waals surface area contributed by atoms with Crippen molar-refractivity contribution >= 4 is 31.9 Å². The Hall–Kier alpha value is 0.1000. The lowest BCUT2D eigenvalue weighted by Crippen LogP contribution is -2.33. The molecule has 100 valence electrons. The quantitative estimate of drug-likeness (QED) is 0.729. The van der Waals surface area contributed by atoms with Crippen LogP contribution in [0.5, 0.6) is 0 Å². The van der Waals surface area contributed by atoms with Gasteiger partial charge in [0.1, 0.15) is 0 Å². The number of halogens is 2. The van der Waals surface area contributed by atoms with Crippen LogP contribution in [-0.2, 0) is 6.54 Å². The van der Waals surface area contributed by atoms with Crippen LogP contribution in [0.2, 0.25) is 0 Å². The highest BCUT2D eigenvalue weighted by atomic mass is 79.9. The first-order valence-corrected chi connectivity index (χ1v) is 8.18. The second-order valence-electron chi connectivity index (χ2n) is 4.79. The number of nitrogens with zero attached hydrogens (tertiary/aromatic N) is 1. The molecular weight excluding hydrogens is 356 g/mol. The molecule has 0 unspecified atom stereocenters. The van der Waals surface area contributed by atoms with Crippen molar-refractivity contribution < 1.29 is 0 Å².